The van der Waals surface area contributed by atoms with Crippen LogP contribution >= 0.6 is 0 Å². The Morgan fingerprint density at radius 2 is 1.93 bits per heavy atom. The van der Waals surface area contributed by atoms with Crippen molar-refractivity contribution in [3.8, 4) is 0 Å². The van der Waals surface area contributed by atoms with Crippen molar-refractivity contribution in [3.63, 3.8) is 0 Å². The van der Waals surface area contributed by atoms with Crippen molar-refractivity contribution in [1.29, 1.82) is 0 Å². The van der Waals surface area contributed by atoms with E-state index in [1.54, 1.807) is 0 Å². The second kappa shape index (κ2) is 5.76. The molecule has 1 aromatic rings. The second-order valence-electron chi connectivity index (χ2n) is 3.53. The van der Waals surface area contributed by atoms with Gasteiger partial charge in [0.15, 0.2) is 0 Å². The second-order valence-corrected chi connectivity index (χ2v) is 3.53. The minimum absolute atomic E-state index is 0.734. The summed E-state index contributed by atoms with van der Waals surface area (Å²) >= 11 is 0. The van der Waals surface area contributed by atoms with Crippen molar-refractivity contribution >= 4 is 0 Å². The summed E-state index contributed by atoms with van der Waals surface area (Å²) in [6.07, 6.45) is 5.06. The molecule has 0 radical (unpaired) electrons. The SMILES string of the molecule is CC.CN1CCC(c2ccncc2)C1. The minimum Gasteiger partial charge on any atom is -0.306 e. The summed E-state index contributed by atoms with van der Waals surface area (Å²) in [5, 5.41) is 0. The molecule has 0 aromatic carbocycles. The molecule has 78 valence electrons. The molecule has 14 heavy (non-hydrogen) atoms. The van der Waals surface area contributed by atoms with Crippen molar-refractivity contribution < 1.29 is 0 Å². The maximum absolute atomic E-state index is 4.02. The fourth-order valence-corrected chi connectivity index (χ4v) is 1.84. The highest BCUT2D eigenvalue weighted by Crippen LogP contribution is 2.25. The van der Waals surface area contributed by atoms with E-state index in [0.29, 0.717) is 0 Å². The lowest BCUT2D eigenvalue weighted by Gasteiger charge is -2.09. The molecule has 1 fully saturated rings. The van der Waals surface area contributed by atoms with Gasteiger partial charge in [-0.2, -0.15) is 0 Å². The summed E-state index contributed by atoms with van der Waals surface area (Å²) in [6.45, 7) is 6.43. The van der Waals surface area contributed by atoms with Crippen LogP contribution in [-0.4, -0.2) is 30.0 Å². The highest BCUT2D eigenvalue weighted by atomic mass is 15.1. The van der Waals surface area contributed by atoms with Crippen molar-refractivity contribution in [2.24, 2.45) is 0 Å². The first-order valence-corrected chi connectivity index (χ1v) is 5.45. The minimum atomic E-state index is 0.734. The van der Waals surface area contributed by atoms with E-state index in [2.05, 4.69) is 29.1 Å². The number of pyridine rings is 1. The lowest BCUT2D eigenvalue weighted by molar-refractivity contribution is 0.411. The molecule has 0 bridgehead atoms. The van der Waals surface area contributed by atoms with Crippen molar-refractivity contribution in [1.82, 2.24) is 9.88 Å². The lowest BCUT2D eigenvalue weighted by Crippen LogP contribution is -2.13. The molecule has 0 spiro atoms. The Morgan fingerprint density at radius 3 is 2.43 bits per heavy atom. The molecule has 0 N–H and O–H groups in total. The number of rotatable bonds is 1. The standard InChI is InChI=1S/C10H14N2.C2H6/c1-12-7-4-10(8-12)9-2-5-11-6-3-9;1-2/h2-3,5-6,10H,4,7-8H2,1H3;1-2H3. The van der Waals surface area contributed by atoms with Crippen LogP contribution < -0.4 is 0 Å². The lowest BCUT2D eigenvalue weighted by atomic mass is 10.0. The van der Waals surface area contributed by atoms with Crippen LogP contribution in [0.25, 0.3) is 0 Å². The monoisotopic (exact) mass is 192 g/mol. The number of aromatic nitrogens is 1. The molecule has 0 saturated carbocycles. The highest BCUT2D eigenvalue weighted by molar-refractivity contribution is 5.17. The van der Waals surface area contributed by atoms with Crippen LogP contribution in [0.2, 0.25) is 0 Å². The van der Waals surface area contributed by atoms with E-state index in [-0.39, 0.29) is 0 Å². The Labute approximate surface area is 87.0 Å². The number of hydrogen-bond donors (Lipinski definition) is 0. The van der Waals surface area contributed by atoms with Crippen molar-refractivity contribution in [3.05, 3.63) is 30.1 Å². The van der Waals surface area contributed by atoms with Gasteiger partial charge in [-0.25, -0.2) is 0 Å². The zero-order valence-corrected chi connectivity index (χ0v) is 9.40. The Balaban J connectivity index is 0.000000461. The molecule has 2 heteroatoms. The number of hydrogen-bond acceptors (Lipinski definition) is 2. The molecule has 2 heterocycles. The van der Waals surface area contributed by atoms with Gasteiger partial charge in [0, 0.05) is 18.9 Å². The van der Waals surface area contributed by atoms with Crippen LogP contribution in [0.1, 0.15) is 31.7 Å². The Hall–Kier alpha value is -0.890. The zero-order valence-electron chi connectivity index (χ0n) is 9.40. The predicted octanol–water partition coefficient (Wildman–Crippen LogP) is 2.53. The van der Waals surface area contributed by atoms with Crippen LogP contribution in [0.5, 0.6) is 0 Å². The van der Waals surface area contributed by atoms with Crippen molar-refractivity contribution in [2.45, 2.75) is 26.2 Å². The topological polar surface area (TPSA) is 16.1 Å². The summed E-state index contributed by atoms with van der Waals surface area (Å²) in [5.74, 6) is 0.734. The largest absolute Gasteiger partial charge is 0.306 e. The first-order valence-electron chi connectivity index (χ1n) is 5.45. The maximum Gasteiger partial charge on any atom is 0.0270 e. The molecule has 1 aliphatic rings. The zero-order chi connectivity index (χ0) is 10.4. The van der Waals surface area contributed by atoms with Gasteiger partial charge in [-0.1, -0.05) is 13.8 Å². The number of nitrogens with zero attached hydrogens (tertiary/aromatic N) is 2. The third kappa shape index (κ3) is 2.81. The van der Waals surface area contributed by atoms with E-state index in [1.165, 1.54) is 25.1 Å². The molecule has 1 aliphatic heterocycles. The molecule has 1 unspecified atom stereocenters. The molecule has 1 atom stereocenters. The van der Waals surface area contributed by atoms with Crippen LogP contribution in [0, 0.1) is 0 Å². The maximum atomic E-state index is 4.02. The molecule has 1 aromatic heterocycles. The van der Waals surface area contributed by atoms with Crippen LogP contribution in [0.4, 0.5) is 0 Å². The van der Waals surface area contributed by atoms with Gasteiger partial charge in [0.25, 0.3) is 0 Å². The molecule has 0 aliphatic carbocycles. The first-order chi connectivity index (χ1) is 6.86. The van der Waals surface area contributed by atoms with E-state index in [0.717, 1.165) is 5.92 Å². The third-order valence-corrected chi connectivity index (χ3v) is 2.57. The molecule has 0 amide bonds. The third-order valence-electron chi connectivity index (χ3n) is 2.57. The average Bonchev–Trinajstić information content (AvgIpc) is 2.69. The van der Waals surface area contributed by atoms with Crippen LogP contribution in [-0.2, 0) is 0 Å². The predicted molar refractivity (Wildman–Crippen MR) is 60.4 cm³/mol. The van der Waals surface area contributed by atoms with Gasteiger partial charge < -0.3 is 4.90 Å². The van der Waals surface area contributed by atoms with Crippen LogP contribution in [0.15, 0.2) is 24.5 Å². The molecular weight excluding hydrogens is 172 g/mol. The first kappa shape index (κ1) is 11.2. The fourth-order valence-electron chi connectivity index (χ4n) is 1.84. The highest BCUT2D eigenvalue weighted by Gasteiger charge is 2.20. The van der Waals surface area contributed by atoms with Gasteiger partial charge in [0.2, 0.25) is 0 Å². The smallest absolute Gasteiger partial charge is 0.0270 e. The summed E-state index contributed by atoms with van der Waals surface area (Å²) < 4.78 is 0. The molecule has 1 saturated heterocycles. The number of likely N-dealkylation sites (tertiary alicyclic amines) is 1. The van der Waals surface area contributed by atoms with Crippen LogP contribution in [0.3, 0.4) is 0 Å². The van der Waals surface area contributed by atoms with E-state index in [4.69, 9.17) is 0 Å². The summed E-state index contributed by atoms with van der Waals surface area (Å²) in [7, 11) is 2.18. The number of likely N-dealkylation sites (N-methyl/N-ethyl adjacent to an activating group) is 1. The average molecular weight is 192 g/mol. The van der Waals surface area contributed by atoms with E-state index >= 15 is 0 Å². The Bertz CT molecular complexity index is 246. The Kier molecular flexibility index (Phi) is 4.60. The van der Waals surface area contributed by atoms with Gasteiger partial charge >= 0.3 is 0 Å². The Morgan fingerprint density at radius 1 is 1.29 bits per heavy atom. The summed E-state index contributed by atoms with van der Waals surface area (Å²) in [6, 6.07) is 4.26. The normalized spacial score (nSPS) is 21.5. The van der Waals surface area contributed by atoms with Gasteiger partial charge in [-0.15, -0.1) is 0 Å². The molecule has 2 rings (SSSR count). The van der Waals surface area contributed by atoms with Crippen molar-refractivity contribution in [2.75, 3.05) is 20.1 Å². The molecular formula is C12H20N2. The summed E-state index contributed by atoms with van der Waals surface area (Å²) in [5.41, 5.74) is 1.44. The van der Waals surface area contributed by atoms with Gasteiger partial charge in [0.05, 0.1) is 0 Å². The molecule has 2 nitrogen and oxygen atoms in total. The van der Waals surface area contributed by atoms with E-state index in [1.807, 2.05) is 26.2 Å². The quantitative estimate of drug-likeness (QED) is 0.679. The van der Waals surface area contributed by atoms with E-state index in [9.17, 15) is 0 Å². The van der Waals surface area contributed by atoms with E-state index < -0.39 is 0 Å². The fraction of sp³-hybridized carbons (Fsp3) is 0.583. The van der Waals surface area contributed by atoms with Gasteiger partial charge in [-0.3, -0.25) is 4.98 Å². The van der Waals surface area contributed by atoms with Gasteiger partial charge in [-0.05, 0) is 43.6 Å². The van der Waals surface area contributed by atoms with Gasteiger partial charge in [0.1, 0.15) is 0 Å². The summed E-state index contributed by atoms with van der Waals surface area (Å²) in [4.78, 5) is 6.40.